The molecule has 0 radical (unpaired) electrons. The Balaban J connectivity index is 1.89. The molecule has 0 aliphatic carbocycles. The van der Waals surface area contributed by atoms with Gasteiger partial charge in [-0.25, -0.2) is 0 Å². The van der Waals surface area contributed by atoms with Crippen molar-refractivity contribution in [3.8, 4) is 0 Å². The van der Waals surface area contributed by atoms with Crippen molar-refractivity contribution in [2.45, 2.75) is 45.1 Å². The zero-order chi connectivity index (χ0) is 20.1. The zero-order valence-electron chi connectivity index (χ0n) is 17.2. The van der Waals surface area contributed by atoms with Crippen molar-refractivity contribution >= 4 is 33.2 Å². The summed E-state index contributed by atoms with van der Waals surface area (Å²) >= 11 is 1.57. The molecule has 1 atom stereocenters. The van der Waals surface area contributed by atoms with E-state index in [1.165, 1.54) is 6.42 Å². The summed E-state index contributed by atoms with van der Waals surface area (Å²) in [6.07, 6.45) is 5.13. The van der Waals surface area contributed by atoms with Crippen LogP contribution in [0.5, 0.6) is 0 Å². The van der Waals surface area contributed by atoms with Crippen LogP contribution in [-0.4, -0.2) is 61.4 Å². The van der Waals surface area contributed by atoms with E-state index < -0.39 is 0 Å². The minimum absolute atomic E-state index is 0.000969. The number of thiophene rings is 1. The summed E-state index contributed by atoms with van der Waals surface area (Å²) in [6.45, 7) is 3.93. The Hall–Kier alpha value is -1.92. The van der Waals surface area contributed by atoms with Crippen LogP contribution in [0, 0.1) is 0 Å². The highest BCUT2D eigenvalue weighted by Gasteiger charge is 2.27. The molecule has 6 heteroatoms. The summed E-state index contributed by atoms with van der Waals surface area (Å²) in [5, 5.41) is 4.22. The molecule has 1 aliphatic rings. The third-order valence-corrected chi connectivity index (χ3v) is 6.68. The fourth-order valence-electron chi connectivity index (χ4n) is 4.00. The lowest BCUT2D eigenvalue weighted by Crippen LogP contribution is -2.40. The average Bonchev–Trinajstić information content (AvgIpc) is 2.84. The molecule has 2 amide bonds. The Morgan fingerprint density at radius 2 is 2.00 bits per heavy atom. The number of hydrogen-bond acceptors (Lipinski definition) is 4. The van der Waals surface area contributed by atoms with Gasteiger partial charge in [0.25, 0.3) is 5.91 Å². The first-order valence-electron chi connectivity index (χ1n) is 10.2. The van der Waals surface area contributed by atoms with E-state index in [-0.39, 0.29) is 17.9 Å². The van der Waals surface area contributed by atoms with Crippen molar-refractivity contribution in [2.75, 3.05) is 33.7 Å². The average molecular weight is 402 g/mol. The van der Waals surface area contributed by atoms with Gasteiger partial charge >= 0.3 is 0 Å². The molecule has 0 spiro atoms. The van der Waals surface area contributed by atoms with Crippen molar-refractivity contribution < 1.29 is 9.59 Å². The first-order valence-corrected chi connectivity index (χ1v) is 11.0. The van der Waals surface area contributed by atoms with Crippen molar-refractivity contribution in [3.63, 3.8) is 0 Å². The Morgan fingerprint density at radius 1 is 1.21 bits per heavy atom. The smallest absolute Gasteiger partial charge is 0.261 e. The zero-order valence-corrected chi connectivity index (χ0v) is 18.0. The fourth-order valence-corrected chi connectivity index (χ4v) is 5.15. The van der Waals surface area contributed by atoms with Crippen LogP contribution in [-0.2, 0) is 11.2 Å². The maximum atomic E-state index is 12.9. The van der Waals surface area contributed by atoms with E-state index in [1.807, 2.05) is 31.1 Å². The molecule has 0 saturated carbocycles. The molecule has 2 aromatic rings. The number of carbonyl (C=O) groups is 2. The van der Waals surface area contributed by atoms with Crippen LogP contribution in [0.3, 0.4) is 0 Å². The van der Waals surface area contributed by atoms with Crippen LogP contribution in [0.25, 0.3) is 10.1 Å². The molecule has 1 saturated heterocycles. The molecule has 2 heterocycles. The molecular formula is C22H31N3O2S. The van der Waals surface area contributed by atoms with Gasteiger partial charge in [0.05, 0.1) is 4.88 Å². The summed E-state index contributed by atoms with van der Waals surface area (Å²) in [4.78, 5) is 30.0. The van der Waals surface area contributed by atoms with E-state index in [0.29, 0.717) is 6.54 Å². The SMILES string of the molecule is CC(=O)N1CCCCCC1Cc1c(C(=O)NCCN(C)C)sc2ccccc12. The molecule has 28 heavy (non-hydrogen) atoms. The minimum atomic E-state index is 0.000969. The van der Waals surface area contributed by atoms with Gasteiger partial charge in [-0.1, -0.05) is 31.0 Å². The fraction of sp³-hybridized carbons (Fsp3) is 0.545. The van der Waals surface area contributed by atoms with Crippen molar-refractivity contribution in [1.29, 1.82) is 0 Å². The van der Waals surface area contributed by atoms with Crippen molar-refractivity contribution in [2.24, 2.45) is 0 Å². The predicted molar refractivity (Wildman–Crippen MR) is 116 cm³/mol. The third-order valence-electron chi connectivity index (χ3n) is 5.47. The van der Waals surface area contributed by atoms with Crippen LogP contribution in [0.1, 0.15) is 47.8 Å². The number of fused-ring (bicyclic) bond motifs is 1. The Morgan fingerprint density at radius 3 is 2.75 bits per heavy atom. The molecule has 5 nitrogen and oxygen atoms in total. The van der Waals surface area contributed by atoms with Crippen LogP contribution < -0.4 is 5.32 Å². The number of hydrogen-bond donors (Lipinski definition) is 1. The number of amides is 2. The predicted octanol–water partition coefficient (Wildman–Crippen LogP) is 3.53. The highest BCUT2D eigenvalue weighted by Crippen LogP contribution is 2.34. The van der Waals surface area contributed by atoms with Gasteiger partial charge in [-0.2, -0.15) is 0 Å². The van der Waals surface area contributed by atoms with Gasteiger partial charge in [0.1, 0.15) is 0 Å². The molecule has 1 aliphatic heterocycles. The number of rotatable bonds is 6. The first kappa shape index (κ1) is 20.8. The molecule has 3 rings (SSSR count). The van der Waals surface area contributed by atoms with Crippen molar-refractivity contribution in [3.05, 3.63) is 34.7 Å². The maximum Gasteiger partial charge on any atom is 0.261 e. The highest BCUT2D eigenvalue weighted by atomic mass is 32.1. The van der Waals surface area contributed by atoms with Crippen LogP contribution in [0.4, 0.5) is 0 Å². The van der Waals surface area contributed by atoms with E-state index >= 15 is 0 Å². The molecule has 0 bridgehead atoms. The van der Waals surface area contributed by atoms with Gasteiger partial charge in [-0.05, 0) is 50.4 Å². The Labute approximate surface area is 171 Å². The van der Waals surface area contributed by atoms with Gasteiger partial charge in [-0.15, -0.1) is 11.3 Å². The molecule has 1 N–H and O–H groups in total. The Kier molecular flexibility index (Phi) is 7.08. The lowest BCUT2D eigenvalue weighted by molar-refractivity contribution is -0.131. The van der Waals surface area contributed by atoms with Crippen LogP contribution >= 0.6 is 11.3 Å². The maximum absolute atomic E-state index is 12.9. The van der Waals surface area contributed by atoms with Gasteiger partial charge in [0.15, 0.2) is 0 Å². The first-order chi connectivity index (χ1) is 13.5. The number of benzene rings is 1. The van der Waals surface area contributed by atoms with Crippen molar-refractivity contribution in [1.82, 2.24) is 15.1 Å². The van der Waals surface area contributed by atoms with E-state index in [0.717, 1.165) is 59.3 Å². The number of nitrogens with one attached hydrogen (secondary N) is 1. The van der Waals surface area contributed by atoms with Crippen LogP contribution in [0.15, 0.2) is 24.3 Å². The molecular weight excluding hydrogens is 370 g/mol. The lowest BCUT2D eigenvalue weighted by atomic mass is 9.98. The monoisotopic (exact) mass is 401 g/mol. The van der Waals surface area contributed by atoms with Gasteiger partial charge in [0, 0.05) is 37.3 Å². The summed E-state index contributed by atoms with van der Waals surface area (Å²) in [6, 6.07) is 8.40. The summed E-state index contributed by atoms with van der Waals surface area (Å²) in [7, 11) is 4.00. The van der Waals surface area contributed by atoms with Gasteiger partial charge < -0.3 is 15.1 Å². The van der Waals surface area contributed by atoms with Crippen LogP contribution in [0.2, 0.25) is 0 Å². The quantitative estimate of drug-likeness (QED) is 0.806. The normalized spacial score (nSPS) is 17.7. The summed E-state index contributed by atoms with van der Waals surface area (Å²) < 4.78 is 1.14. The molecule has 1 aromatic carbocycles. The second-order valence-electron chi connectivity index (χ2n) is 7.88. The molecule has 1 unspecified atom stereocenters. The topological polar surface area (TPSA) is 52.7 Å². The Bertz CT molecular complexity index is 830. The standard InChI is InChI=1S/C22H31N3O2S/c1-16(26)25-13-8-4-5-9-17(25)15-19-18-10-6-7-11-20(18)28-21(19)22(27)23-12-14-24(2)3/h6-7,10-11,17H,4-5,8-9,12-15H2,1-3H3,(H,23,27). The molecule has 152 valence electrons. The summed E-state index contributed by atoms with van der Waals surface area (Å²) in [5.41, 5.74) is 1.10. The van der Waals surface area contributed by atoms with E-state index in [9.17, 15) is 9.59 Å². The van der Waals surface area contributed by atoms with E-state index in [4.69, 9.17) is 0 Å². The number of likely N-dealkylation sites (N-methyl/N-ethyl adjacent to an activating group) is 1. The second-order valence-corrected chi connectivity index (χ2v) is 8.94. The highest BCUT2D eigenvalue weighted by molar-refractivity contribution is 7.21. The largest absolute Gasteiger partial charge is 0.350 e. The van der Waals surface area contributed by atoms with E-state index in [2.05, 4.69) is 22.3 Å². The lowest BCUT2D eigenvalue weighted by Gasteiger charge is -2.29. The second kappa shape index (κ2) is 9.52. The molecule has 1 aromatic heterocycles. The number of likely N-dealkylation sites (tertiary alicyclic amines) is 1. The van der Waals surface area contributed by atoms with E-state index in [1.54, 1.807) is 18.3 Å². The molecule has 1 fully saturated rings. The summed E-state index contributed by atoms with van der Waals surface area (Å²) in [5.74, 6) is 0.143. The van der Waals surface area contributed by atoms with Gasteiger partial charge in [0.2, 0.25) is 5.91 Å². The van der Waals surface area contributed by atoms with Gasteiger partial charge in [-0.3, -0.25) is 9.59 Å². The number of nitrogens with zero attached hydrogens (tertiary/aromatic N) is 2. The number of carbonyl (C=O) groups excluding carboxylic acids is 2. The third kappa shape index (κ3) is 4.92. The minimum Gasteiger partial charge on any atom is -0.350 e.